The molecule has 11 nitrogen and oxygen atoms in total. The zero-order chi connectivity index (χ0) is 51.0. The topological polar surface area (TPSA) is 175 Å². The van der Waals surface area contributed by atoms with Crippen molar-refractivity contribution in [3.8, 4) is 0 Å². The zero-order valence-electron chi connectivity index (χ0n) is 45.0. The number of carbonyl (C=O) groups is 2. The first kappa shape index (κ1) is 65.9. The van der Waals surface area contributed by atoms with Crippen LogP contribution in [0.2, 0.25) is 0 Å². The highest BCUT2D eigenvalue weighted by atomic mass is 16.7. The third-order valence-corrected chi connectivity index (χ3v) is 13.7. The number of ether oxygens (including phenoxy) is 3. The van der Waals surface area contributed by atoms with Crippen molar-refractivity contribution in [3.05, 3.63) is 36.5 Å². The number of hydrogen-bond acceptors (Lipinski definition) is 10. The van der Waals surface area contributed by atoms with E-state index in [1.807, 2.05) is 6.08 Å². The number of unbranched alkanes of at least 4 members (excludes halogenated alkanes) is 32. The lowest BCUT2D eigenvalue weighted by atomic mass is 9.99. The molecule has 0 aromatic rings. The van der Waals surface area contributed by atoms with Gasteiger partial charge in [-0.2, -0.15) is 0 Å². The van der Waals surface area contributed by atoms with Crippen LogP contribution in [0.25, 0.3) is 0 Å². The van der Waals surface area contributed by atoms with Gasteiger partial charge in [-0.1, -0.05) is 217 Å². The summed E-state index contributed by atoms with van der Waals surface area (Å²) >= 11 is 0. The molecule has 1 amide bonds. The van der Waals surface area contributed by atoms with E-state index in [0.717, 1.165) is 83.5 Å². The molecule has 11 heteroatoms. The van der Waals surface area contributed by atoms with Crippen molar-refractivity contribution in [1.29, 1.82) is 0 Å². The van der Waals surface area contributed by atoms with Gasteiger partial charge in [0.25, 0.3) is 0 Å². The van der Waals surface area contributed by atoms with Gasteiger partial charge in [0.2, 0.25) is 5.91 Å². The maximum atomic E-state index is 13.0. The summed E-state index contributed by atoms with van der Waals surface area (Å²) < 4.78 is 16.7. The fourth-order valence-corrected chi connectivity index (χ4v) is 9.03. The van der Waals surface area contributed by atoms with Gasteiger partial charge in [-0.25, -0.2) is 0 Å². The van der Waals surface area contributed by atoms with Gasteiger partial charge in [0, 0.05) is 12.8 Å². The van der Waals surface area contributed by atoms with Crippen LogP contribution in [0.15, 0.2) is 36.5 Å². The van der Waals surface area contributed by atoms with Crippen molar-refractivity contribution in [2.24, 2.45) is 0 Å². The van der Waals surface area contributed by atoms with Gasteiger partial charge < -0.3 is 45.1 Å². The number of aliphatic hydroxyl groups excluding tert-OH is 5. The maximum absolute atomic E-state index is 13.0. The average Bonchev–Trinajstić information content (AvgIpc) is 3.36. The smallest absolute Gasteiger partial charge is 0.305 e. The Morgan fingerprint density at radius 1 is 0.514 bits per heavy atom. The minimum absolute atomic E-state index is 0.0199. The van der Waals surface area contributed by atoms with Gasteiger partial charge in [-0.05, 0) is 70.6 Å². The molecule has 70 heavy (non-hydrogen) atoms. The first-order valence-electron chi connectivity index (χ1n) is 29.3. The molecule has 0 saturated carbocycles. The zero-order valence-corrected chi connectivity index (χ0v) is 45.0. The fourth-order valence-electron chi connectivity index (χ4n) is 9.03. The largest absolute Gasteiger partial charge is 0.466 e. The van der Waals surface area contributed by atoms with Crippen LogP contribution in [0.3, 0.4) is 0 Å². The highest BCUT2D eigenvalue weighted by molar-refractivity contribution is 5.76. The number of hydrogen-bond donors (Lipinski definition) is 6. The van der Waals surface area contributed by atoms with E-state index < -0.39 is 49.5 Å². The van der Waals surface area contributed by atoms with Crippen molar-refractivity contribution in [3.63, 3.8) is 0 Å². The van der Waals surface area contributed by atoms with Crippen LogP contribution in [-0.2, 0) is 23.8 Å². The standard InChI is InChI=1S/C59H109NO10/c1-3-5-7-9-11-13-15-16-22-26-29-33-37-41-45-52(62)51(50-69-59-58(67)57(66)56(65)53(49-61)70-59)60-54(63)46-42-38-34-30-27-23-20-18-17-19-21-24-28-32-36-40-44-48-68-55(64)47-43-39-35-31-25-14-12-10-8-6-4-2/h17,19,26,29,41,45,51-53,56-59,61-62,65-67H,3-16,18,20-25,27-28,30-40,42-44,46-50H2,1-2H3,(H,60,63)/b19-17-,29-26+,45-41+. The summed E-state index contributed by atoms with van der Waals surface area (Å²) in [5.41, 5.74) is 0. The lowest BCUT2D eigenvalue weighted by Gasteiger charge is -2.40. The fraction of sp³-hybridized carbons (Fsp3) is 0.864. The Labute approximate surface area is 428 Å². The van der Waals surface area contributed by atoms with Crippen molar-refractivity contribution in [1.82, 2.24) is 5.32 Å². The summed E-state index contributed by atoms with van der Waals surface area (Å²) in [7, 11) is 0. The predicted molar refractivity (Wildman–Crippen MR) is 287 cm³/mol. The number of carbonyl (C=O) groups excluding carboxylic acids is 2. The van der Waals surface area contributed by atoms with E-state index in [4.69, 9.17) is 14.2 Å². The van der Waals surface area contributed by atoms with Crippen molar-refractivity contribution in [2.75, 3.05) is 19.8 Å². The minimum atomic E-state index is -1.58. The predicted octanol–water partition coefficient (Wildman–Crippen LogP) is 13.1. The molecule has 0 aliphatic carbocycles. The van der Waals surface area contributed by atoms with E-state index in [0.29, 0.717) is 19.4 Å². The first-order valence-corrected chi connectivity index (χ1v) is 29.3. The van der Waals surface area contributed by atoms with Gasteiger partial charge in [-0.15, -0.1) is 0 Å². The first-order chi connectivity index (χ1) is 34.2. The summed E-state index contributed by atoms with van der Waals surface area (Å²) in [6, 6.07) is -0.836. The molecule has 6 N–H and O–H groups in total. The highest BCUT2D eigenvalue weighted by Gasteiger charge is 2.44. The molecule has 1 rings (SSSR count). The lowest BCUT2D eigenvalue weighted by Crippen LogP contribution is -2.60. The van der Waals surface area contributed by atoms with Crippen LogP contribution < -0.4 is 5.32 Å². The third-order valence-electron chi connectivity index (χ3n) is 13.7. The van der Waals surface area contributed by atoms with E-state index in [1.54, 1.807) is 6.08 Å². The Morgan fingerprint density at radius 3 is 1.41 bits per heavy atom. The molecule has 410 valence electrons. The third kappa shape index (κ3) is 38.5. The second-order valence-electron chi connectivity index (χ2n) is 20.3. The van der Waals surface area contributed by atoms with Crippen LogP contribution in [0.1, 0.15) is 264 Å². The van der Waals surface area contributed by atoms with Crippen LogP contribution >= 0.6 is 0 Å². The Morgan fingerprint density at radius 2 is 0.929 bits per heavy atom. The molecule has 0 radical (unpaired) electrons. The van der Waals surface area contributed by atoms with Gasteiger partial charge in [0.1, 0.15) is 24.4 Å². The van der Waals surface area contributed by atoms with E-state index >= 15 is 0 Å². The number of amides is 1. The van der Waals surface area contributed by atoms with Gasteiger partial charge in [0.05, 0.1) is 32.0 Å². The molecule has 1 fully saturated rings. The summed E-state index contributed by atoms with van der Waals surface area (Å²) in [4.78, 5) is 25.0. The maximum Gasteiger partial charge on any atom is 0.305 e. The summed E-state index contributed by atoms with van der Waals surface area (Å²) in [5.74, 6) is -0.224. The SMILES string of the molecule is CCCCCCCCCC/C=C/CC/C=C/C(O)C(COC1OC(CO)C(O)C(O)C1O)NC(=O)CCCCCCCCC/C=C\CCCCCCCCOC(=O)CCCCCCCCCCCCC. The Balaban J connectivity index is 2.16. The van der Waals surface area contributed by atoms with E-state index in [2.05, 4.69) is 43.5 Å². The van der Waals surface area contributed by atoms with E-state index in [1.165, 1.54) is 154 Å². The minimum Gasteiger partial charge on any atom is -0.466 e. The number of aliphatic hydroxyl groups is 5. The Hall–Kier alpha value is -2.12. The normalized spacial score (nSPS) is 19.4. The second kappa shape index (κ2) is 49.1. The molecular weight excluding hydrogens is 883 g/mol. The highest BCUT2D eigenvalue weighted by Crippen LogP contribution is 2.23. The molecule has 1 aliphatic heterocycles. The molecule has 1 saturated heterocycles. The quantitative estimate of drug-likeness (QED) is 0.0195. The monoisotopic (exact) mass is 992 g/mol. The molecule has 0 aromatic carbocycles. The lowest BCUT2D eigenvalue weighted by molar-refractivity contribution is -0.302. The molecule has 0 aromatic heterocycles. The van der Waals surface area contributed by atoms with Gasteiger partial charge >= 0.3 is 5.97 Å². The number of nitrogens with one attached hydrogen (secondary N) is 1. The summed E-state index contributed by atoms with van der Waals surface area (Å²) in [6.07, 6.45) is 49.4. The summed E-state index contributed by atoms with van der Waals surface area (Å²) in [5, 5.41) is 54.3. The molecular formula is C59H109NO10. The molecule has 1 aliphatic rings. The molecule has 7 atom stereocenters. The number of rotatable bonds is 50. The number of allylic oxidation sites excluding steroid dienone is 5. The van der Waals surface area contributed by atoms with Crippen molar-refractivity contribution >= 4 is 11.9 Å². The molecule has 0 bridgehead atoms. The van der Waals surface area contributed by atoms with Gasteiger partial charge in [0.15, 0.2) is 6.29 Å². The van der Waals surface area contributed by atoms with Crippen LogP contribution in [0, 0.1) is 0 Å². The van der Waals surface area contributed by atoms with Gasteiger partial charge in [-0.3, -0.25) is 9.59 Å². The molecule has 1 heterocycles. The van der Waals surface area contributed by atoms with Crippen LogP contribution in [0.4, 0.5) is 0 Å². The molecule has 7 unspecified atom stereocenters. The van der Waals surface area contributed by atoms with Crippen LogP contribution in [-0.4, -0.2) is 100 Å². The molecule has 0 spiro atoms. The Bertz CT molecular complexity index is 1260. The van der Waals surface area contributed by atoms with Crippen molar-refractivity contribution < 1.29 is 49.3 Å². The second-order valence-corrected chi connectivity index (χ2v) is 20.3. The average molecular weight is 993 g/mol. The summed E-state index contributed by atoms with van der Waals surface area (Å²) in [6.45, 7) is 4.29. The number of esters is 1. The van der Waals surface area contributed by atoms with Crippen LogP contribution in [0.5, 0.6) is 0 Å². The van der Waals surface area contributed by atoms with E-state index in [-0.39, 0.29) is 18.5 Å². The van der Waals surface area contributed by atoms with Crippen molar-refractivity contribution in [2.45, 2.75) is 307 Å². The Kier molecular flexibility index (Phi) is 46.2. The van der Waals surface area contributed by atoms with E-state index in [9.17, 15) is 35.1 Å².